The number of amides is 1. The number of halogens is 3. The molecule has 0 aliphatic carbocycles. The average Bonchev–Trinajstić information content (AvgIpc) is 3.15. The van der Waals surface area contributed by atoms with Gasteiger partial charge in [-0.1, -0.05) is 6.07 Å². The van der Waals surface area contributed by atoms with Crippen molar-refractivity contribution in [2.24, 2.45) is 0 Å². The van der Waals surface area contributed by atoms with E-state index in [0.717, 1.165) is 33.7 Å². The van der Waals surface area contributed by atoms with Gasteiger partial charge in [-0.3, -0.25) is 4.90 Å². The monoisotopic (exact) mass is 357 g/mol. The molecule has 9 heteroatoms. The summed E-state index contributed by atoms with van der Waals surface area (Å²) in [5.41, 5.74) is 1.40. The largest absolute Gasteiger partial charge is 0.447 e. The number of thiazole rings is 1. The standard InChI is InChI=1S/C15H14F3N3O2S/c1-9-10(3-2-4-11(9)21-5-6-23-14(21)22)19-7-13-20-12(8-24-13)15(16,17)18/h2-4,8,19H,5-7H2,1H3. The summed E-state index contributed by atoms with van der Waals surface area (Å²) in [6, 6.07) is 5.38. The SMILES string of the molecule is Cc1c(NCc2nc(C(F)(F)F)cs2)cccc1N1CCOC1=O. The molecular formula is C15H14F3N3O2S. The number of hydrogen-bond acceptors (Lipinski definition) is 5. The molecule has 1 N–H and O–H groups in total. The van der Waals surface area contributed by atoms with Crippen LogP contribution in [-0.2, 0) is 17.5 Å². The molecule has 0 saturated carbocycles. The van der Waals surface area contributed by atoms with Crippen LogP contribution in [0.2, 0.25) is 0 Å². The van der Waals surface area contributed by atoms with Gasteiger partial charge in [0.05, 0.1) is 18.8 Å². The molecule has 1 aromatic heterocycles. The van der Waals surface area contributed by atoms with Crippen molar-refractivity contribution < 1.29 is 22.7 Å². The summed E-state index contributed by atoms with van der Waals surface area (Å²) in [6.45, 7) is 2.83. The van der Waals surface area contributed by atoms with Gasteiger partial charge in [0.1, 0.15) is 11.6 Å². The molecule has 0 unspecified atom stereocenters. The smallest absolute Gasteiger partial charge is 0.434 e. The van der Waals surface area contributed by atoms with Gasteiger partial charge >= 0.3 is 12.3 Å². The van der Waals surface area contributed by atoms with E-state index >= 15 is 0 Å². The van der Waals surface area contributed by atoms with Crippen molar-refractivity contribution in [2.45, 2.75) is 19.6 Å². The molecule has 1 aromatic carbocycles. The normalized spacial score (nSPS) is 14.8. The number of aromatic nitrogens is 1. The van der Waals surface area contributed by atoms with Gasteiger partial charge in [-0.25, -0.2) is 9.78 Å². The number of anilines is 2. The van der Waals surface area contributed by atoms with E-state index in [1.807, 2.05) is 6.92 Å². The van der Waals surface area contributed by atoms with Crippen LogP contribution in [0.3, 0.4) is 0 Å². The fraction of sp³-hybridized carbons (Fsp3) is 0.333. The van der Waals surface area contributed by atoms with Gasteiger partial charge in [0.25, 0.3) is 0 Å². The van der Waals surface area contributed by atoms with Crippen LogP contribution in [0.25, 0.3) is 0 Å². The molecule has 2 aromatic rings. The van der Waals surface area contributed by atoms with Gasteiger partial charge in [0, 0.05) is 11.1 Å². The zero-order valence-electron chi connectivity index (χ0n) is 12.7. The molecule has 0 bridgehead atoms. The van der Waals surface area contributed by atoms with Crippen LogP contribution in [-0.4, -0.2) is 24.2 Å². The molecule has 24 heavy (non-hydrogen) atoms. The van der Waals surface area contributed by atoms with Crippen LogP contribution in [0.5, 0.6) is 0 Å². The van der Waals surface area contributed by atoms with Crippen molar-refractivity contribution in [3.63, 3.8) is 0 Å². The minimum absolute atomic E-state index is 0.176. The number of ether oxygens (including phenoxy) is 1. The molecule has 2 heterocycles. The average molecular weight is 357 g/mol. The van der Waals surface area contributed by atoms with E-state index in [0.29, 0.717) is 18.2 Å². The molecule has 1 fully saturated rings. The molecule has 0 atom stereocenters. The van der Waals surface area contributed by atoms with Crippen LogP contribution >= 0.6 is 11.3 Å². The number of cyclic esters (lactones) is 1. The van der Waals surface area contributed by atoms with Gasteiger partial charge in [-0.15, -0.1) is 11.3 Å². The first-order valence-electron chi connectivity index (χ1n) is 7.15. The predicted octanol–water partition coefficient (Wildman–Crippen LogP) is 4.04. The minimum atomic E-state index is -4.43. The Morgan fingerprint density at radius 3 is 2.83 bits per heavy atom. The van der Waals surface area contributed by atoms with E-state index in [2.05, 4.69) is 10.3 Å². The first-order valence-corrected chi connectivity index (χ1v) is 8.03. The topological polar surface area (TPSA) is 54.5 Å². The van der Waals surface area contributed by atoms with Crippen molar-refractivity contribution in [1.82, 2.24) is 4.98 Å². The first kappa shape index (κ1) is 16.6. The maximum Gasteiger partial charge on any atom is 0.434 e. The maximum atomic E-state index is 12.6. The second-order valence-electron chi connectivity index (χ2n) is 5.19. The van der Waals surface area contributed by atoms with Crippen molar-refractivity contribution in [3.8, 4) is 0 Å². The van der Waals surface area contributed by atoms with Crippen LogP contribution in [0.1, 0.15) is 16.3 Å². The Labute approximate surface area is 140 Å². The zero-order valence-corrected chi connectivity index (χ0v) is 13.5. The zero-order chi connectivity index (χ0) is 17.3. The quantitative estimate of drug-likeness (QED) is 0.897. The summed E-state index contributed by atoms with van der Waals surface area (Å²) in [5.74, 6) is 0. The number of nitrogens with one attached hydrogen (secondary N) is 1. The summed E-state index contributed by atoms with van der Waals surface area (Å²) in [6.07, 6.45) is -4.83. The van der Waals surface area contributed by atoms with E-state index in [9.17, 15) is 18.0 Å². The first-order chi connectivity index (χ1) is 11.4. The molecule has 1 saturated heterocycles. The minimum Gasteiger partial charge on any atom is -0.447 e. The molecule has 0 radical (unpaired) electrons. The Morgan fingerprint density at radius 1 is 1.42 bits per heavy atom. The van der Waals surface area contributed by atoms with Gasteiger partial charge in [-0.05, 0) is 24.6 Å². The lowest BCUT2D eigenvalue weighted by Gasteiger charge is -2.18. The Morgan fingerprint density at radius 2 is 2.21 bits per heavy atom. The molecule has 1 aliphatic heterocycles. The molecule has 5 nitrogen and oxygen atoms in total. The van der Waals surface area contributed by atoms with Crippen LogP contribution in [0, 0.1) is 6.92 Å². The Hall–Kier alpha value is -2.29. The molecule has 128 valence electrons. The lowest BCUT2D eigenvalue weighted by molar-refractivity contribution is -0.140. The van der Waals surface area contributed by atoms with Crippen LogP contribution < -0.4 is 10.2 Å². The summed E-state index contributed by atoms with van der Waals surface area (Å²) in [5, 5.41) is 4.42. The van der Waals surface area contributed by atoms with Gasteiger partial charge in [-0.2, -0.15) is 13.2 Å². The number of rotatable bonds is 4. The van der Waals surface area contributed by atoms with Gasteiger partial charge in [0.15, 0.2) is 5.69 Å². The Balaban J connectivity index is 1.74. The van der Waals surface area contributed by atoms with Crippen LogP contribution in [0.15, 0.2) is 23.6 Å². The van der Waals surface area contributed by atoms with Crippen LogP contribution in [0.4, 0.5) is 29.3 Å². The third-order valence-electron chi connectivity index (χ3n) is 3.63. The van der Waals surface area contributed by atoms with E-state index in [4.69, 9.17) is 4.74 Å². The van der Waals surface area contributed by atoms with E-state index < -0.39 is 18.0 Å². The summed E-state index contributed by atoms with van der Waals surface area (Å²) in [7, 11) is 0. The van der Waals surface area contributed by atoms with Crippen molar-refractivity contribution in [2.75, 3.05) is 23.4 Å². The summed E-state index contributed by atoms with van der Waals surface area (Å²) in [4.78, 5) is 16.8. The molecule has 1 amide bonds. The highest BCUT2D eigenvalue weighted by molar-refractivity contribution is 7.09. The van der Waals surface area contributed by atoms with Crippen molar-refractivity contribution >= 4 is 28.8 Å². The number of carbonyl (C=O) groups excluding carboxylic acids is 1. The highest BCUT2D eigenvalue weighted by Crippen LogP contribution is 2.31. The van der Waals surface area contributed by atoms with Crippen molar-refractivity contribution in [1.29, 1.82) is 0 Å². The highest BCUT2D eigenvalue weighted by atomic mass is 32.1. The lowest BCUT2D eigenvalue weighted by Crippen LogP contribution is -2.24. The summed E-state index contributed by atoms with van der Waals surface area (Å²) < 4.78 is 42.6. The molecule has 0 spiro atoms. The number of nitrogens with zero attached hydrogens (tertiary/aromatic N) is 2. The number of alkyl halides is 3. The van der Waals surface area contributed by atoms with E-state index in [1.165, 1.54) is 4.90 Å². The molecule has 3 rings (SSSR count). The van der Waals surface area contributed by atoms with Gasteiger partial charge < -0.3 is 10.1 Å². The Bertz CT molecular complexity index is 761. The predicted molar refractivity (Wildman–Crippen MR) is 84.3 cm³/mol. The Kier molecular flexibility index (Phi) is 4.35. The van der Waals surface area contributed by atoms with E-state index in [1.54, 1.807) is 18.2 Å². The number of hydrogen-bond donors (Lipinski definition) is 1. The number of carbonyl (C=O) groups is 1. The van der Waals surface area contributed by atoms with Gasteiger partial charge in [0.2, 0.25) is 0 Å². The van der Waals surface area contributed by atoms with E-state index in [-0.39, 0.29) is 6.54 Å². The summed E-state index contributed by atoms with van der Waals surface area (Å²) >= 11 is 0.953. The fourth-order valence-corrected chi connectivity index (χ4v) is 3.15. The lowest BCUT2D eigenvalue weighted by atomic mass is 10.1. The third-order valence-corrected chi connectivity index (χ3v) is 4.48. The number of benzene rings is 1. The molecule has 1 aliphatic rings. The fourth-order valence-electron chi connectivity index (χ4n) is 2.41. The second kappa shape index (κ2) is 6.31. The maximum absolute atomic E-state index is 12.6. The third kappa shape index (κ3) is 3.30. The highest BCUT2D eigenvalue weighted by Gasteiger charge is 2.33. The second-order valence-corrected chi connectivity index (χ2v) is 6.14. The molecular weight excluding hydrogens is 343 g/mol. The van der Waals surface area contributed by atoms with Crippen molar-refractivity contribution in [3.05, 3.63) is 39.8 Å².